The van der Waals surface area contributed by atoms with Gasteiger partial charge in [-0.05, 0) is 36.6 Å². The minimum atomic E-state index is 0.619. The summed E-state index contributed by atoms with van der Waals surface area (Å²) in [6.45, 7) is 5.63. The van der Waals surface area contributed by atoms with Gasteiger partial charge in [0, 0.05) is 11.0 Å². The van der Waals surface area contributed by atoms with Gasteiger partial charge in [-0.2, -0.15) is 0 Å². The van der Waals surface area contributed by atoms with Gasteiger partial charge in [0.25, 0.3) is 0 Å². The molecule has 0 aliphatic heterocycles. The number of benzene rings is 1. The SMILES string of the molecule is CCC(C)C(CNC)c1ccc(Br)cc1. The van der Waals surface area contributed by atoms with Crippen molar-refractivity contribution in [2.75, 3.05) is 13.6 Å². The van der Waals surface area contributed by atoms with Gasteiger partial charge < -0.3 is 5.32 Å². The molecule has 0 saturated heterocycles. The first-order valence-corrected chi connectivity index (χ1v) is 6.38. The van der Waals surface area contributed by atoms with Gasteiger partial charge in [0.2, 0.25) is 0 Å². The summed E-state index contributed by atoms with van der Waals surface area (Å²) in [6.07, 6.45) is 1.22. The van der Waals surface area contributed by atoms with Crippen LogP contribution >= 0.6 is 15.9 Å². The Hall–Kier alpha value is -0.340. The van der Waals surface area contributed by atoms with Crippen molar-refractivity contribution >= 4 is 15.9 Å². The van der Waals surface area contributed by atoms with Crippen molar-refractivity contribution in [3.63, 3.8) is 0 Å². The van der Waals surface area contributed by atoms with Crippen LogP contribution in [0, 0.1) is 5.92 Å². The molecular weight excluding hydrogens is 250 g/mol. The fourth-order valence-electron chi connectivity index (χ4n) is 1.86. The predicted octanol–water partition coefficient (Wildman–Crippen LogP) is 3.80. The zero-order valence-electron chi connectivity index (χ0n) is 9.76. The van der Waals surface area contributed by atoms with Crippen LogP contribution in [0.3, 0.4) is 0 Å². The molecule has 0 bridgehead atoms. The van der Waals surface area contributed by atoms with Crippen LogP contribution in [0.5, 0.6) is 0 Å². The van der Waals surface area contributed by atoms with Crippen LogP contribution in [0.4, 0.5) is 0 Å². The Morgan fingerprint density at radius 1 is 1.27 bits per heavy atom. The number of nitrogens with one attached hydrogen (secondary N) is 1. The van der Waals surface area contributed by atoms with Crippen LogP contribution in [-0.2, 0) is 0 Å². The normalized spacial score (nSPS) is 14.9. The van der Waals surface area contributed by atoms with E-state index in [-0.39, 0.29) is 0 Å². The van der Waals surface area contributed by atoms with E-state index >= 15 is 0 Å². The van der Waals surface area contributed by atoms with Gasteiger partial charge in [0.15, 0.2) is 0 Å². The second-order valence-electron chi connectivity index (χ2n) is 4.10. The molecule has 84 valence electrons. The highest BCUT2D eigenvalue weighted by molar-refractivity contribution is 9.10. The first-order chi connectivity index (χ1) is 7.19. The lowest BCUT2D eigenvalue weighted by Crippen LogP contribution is -2.22. The number of likely N-dealkylation sites (N-methyl/N-ethyl adjacent to an activating group) is 1. The van der Waals surface area contributed by atoms with E-state index in [9.17, 15) is 0 Å². The number of halogens is 1. The Bertz CT molecular complexity index is 281. The lowest BCUT2D eigenvalue weighted by Gasteiger charge is -2.23. The number of rotatable bonds is 5. The second kappa shape index (κ2) is 6.29. The van der Waals surface area contributed by atoms with E-state index < -0.39 is 0 Å². The van der Waals surface area contributed by atoms with Gasteiger partial charge in [0.1, 0.15) is 0 Å². The summed E-state index contributed by atoms with van der Waals surface area (Å²) in [5.74, 6) is 1.34. The third-order valence-corrected chi connectivity index (χ3v) is 3.58. The van der Waals surface area contributed by atoms with Crippen LogP contribution in [0.1, 0.15) is 31.7 Å². The van der Waals surface area contributed by atoms with E-state index in [1.165, 1.54) is 12.0 Å². The largest absolute Gasteiger partial charge is 0.319 e. The van der Waals surface area contributed by atoms with Gasteiger partial charge in [-0.3, -0.25) is 0 Å². The van der Waals surface area contributed by atoms with Crippen molar-refractivity contribution in [1.82, 2.24) is 5.32 Å². The maximum absolute atomic E-state index is 3.47. The van der Waals surface area contributed by atoms with Gasteiger partial charge in [0.05, 0.1) is 0 Å². The molecule has 0 radical (unpaired) electrons. The molecule has 2 unspecified atom stereocenters. The van der Waals surface area contributed by atoms with Crippen molar-refractivity contribution in [3.8, 4) is 0 Å². The summed E-state index contributed by atoms with van der Waals surface area (Å²) < 4.78 is 1.15. The van der Waals surface area contributed by atoms with Gasteiger partial charge in [-0.15, -0.1) is 0 Å². The van der Waals surface area contributed by atoms with E-state index in [1.807, 2.05) is 7.05 Å². The molecule has 0 heterocycles. The molecule has 0 spiro atoms. The molecule has 1 rings (SSSR count). The molecule has 0 aliphatic carbocycles. The Kier molecular flexibility index (Phi) is 5.34. The topological polar surface area (TPSA) is 12.0 Å². The first-order valence-electron chi connectivity index (χ1n) is 5.59. The molecule has 0 aromatic heterocycles. The van der Waals surface area contributed by atoms with E-state index in [2.05, 4.69) is 59.4 Å². The average Bonchev–Trinajstić information content (AvgIpc) is 2.26. The molecular formula is C13H20BrN. The maximum atomic E-state index is 3.47. The highest BCUT2D eigenvalue weighted by Crippen LogP contribution is 2.27. The second-order valence-corrected chi connectivity index (χ2v) is 5.02. The van der Waals surface area contributed by atoms with Gasteiger partial charge in [-0.25, -0.2) is 0 Å². The number of hydrogen-bond donors (Lipinski definition) is 1. The zero-order valence-corrected chi connectivity index (χ0v) is 11.3. The van der Waals surface area contributed by atoms with Crippen LogP contribution < -0.4 is 5.32 Å². The molecule has 0 aliphatic rings. The lowest BCUT2D eigenvalue weighted by atomic mass is 9.85. The van der Waals surface area contributed by atoms with Crippen LogP contribution in [0.2, 0.25) is 0 Å². The summed E-state index contributed by atoms with van der Waals surface area (Å²) in [5.41, 5.74) is 1.43. The van der Waals surface area contributed by atoms with Gasteiger partial charge >= 0.3 is 0 Å². The fraction of sp³-hybridized carbons (Fsp3) is 0.538. The summed E-state index contributed by atoms with van der Waals surface area (Å²) in [4.78, 5) is 0. The molecule has 0 saturated carbocycles. The molecule has 2 atom stereocenters. The van der Waals surface area contributed by atoms with Crippen LogP contribution in [-0.4, -0.2) is 13.6 Å². The molecule has 1 aromatic carbocycles. The Labute approximate surface area is 101 Å². The fourth-order valence-corrected chi connectivity index (χ4v) is 2.13. The van der Waals surface area contributed by atoms with Gasteiger partial charge in [-0.1, -0.05) is 48.3 Å². The zero-order chi connectivity index (χ0) is 11.3. The van der Waals surface area contributed by atoms with E-state index in [0.29, 0.717) is 5.92 Å². The monoisotopic (exact) mass is 269 g/mol. The average molecular weight is 270 g/mol. The van der Waals surface area contributed by atoms with Crippen molar-refractivity contribution in [1.29, 1.82) is 0 Å². The smallest absolute Gasteiger partial charge is 0.0175 e. The quantitative estimate of drug-likeness (QED) is 0.858. The van der Waals surface area contributed by atoms with Crippen molar-refractivity contribution < 1.29 is 0 Å². The van der Waals surface area contributed by atoms with Crippen molar-refractivity contribution in [2.45, 2.75) is 26.2 Å². The van der Waals surface area contributed by atoms with Crippen molar-refractivity contribution in [2.24, 2.45) is 5.92 Å². The molecule has 0 amide bonds. The number of hydrogen-bond acceptors (Lipinski definition) is 1. The van der Waals surface area contributed by atoms with Crippen molar-refractivity contribution in [3.05, 3.63) is 34.3 Å². The van der Waals surface area contributed by atoms with E-state index in [4.69, 9.17) is 0 Å². The van der Waals surface area contributed by atoms with E-state index in [1.54, 1.807) is 0 Å². The molecule has 15 heavy (non-hydrogen) atoms. The maximum Gasteiger partial charge on any atom is 0.0175 e. The molecule has 0 fully saturated rings. The Morgan fingerprint density at radius 3 is 2.33 bits per heavy atom. The highest BCUT2D eigenvalue weighted by Gasteiger charge is 2.16. The first kappa shape index (κ1) is 12.7. The lowest BCUT2D eigenvalue weighted by molar-refractivity contribution is 0.432. The molecule has 2 heteroatoms. The minimum Gasteiger partial charge on any atom is -0.319 e. The standard InChI is InChI=1S/C13H20BrN/c1-4-10(2)13(9-15-3)11-5-7-12(14)8-6-11/h5-8,10,13,15H,4,9H2,1-3H3. The summed E-state index contributed by atoms with van der Waals surface area (Å²) in [7, 11) is 2.02. The summed E-state index contributed by atoms with van der Waals surface area (Å²) in [6, 6.07) is 8.69. The third-order valence-electron chi connectivity index (χ3n) is 3.05. The molecule has 1 N–H and O–H groups in total. The third kappa shape index (κ3) is 3.62. The highest BCUT2D eigenvalue weighted by atomic mass is 79.9. The molecule has 1 nitrogen and oxygen atoms in total. The Balaban J connectivity index is 2.83. The summed E-state index contributed by atoms with van der Waals surface area (Å²) >= 11 is 3.47. The minimum absolute atomic E-state index is 0.619. The molecule has 1 aromatic rings. The van der Waals surface area contributed by atoms with Crippen LogP contribution in [0.25, 0.3) is 0 Å². The summed E-state index contributed by atoms with van der Waals surface area (Å²) in [5, 5.41) is 3.28. The Morgan fingerprint density at radius 2 is 1.87 bits per heavy atom. The van der Waals surface area contributed by atoms with Crippen LogP contribution in [0.15, 0.2) is 28.7 Å². The predicted molar refractivity (Wildman–Crippen MR) is 70.3 cm³/mol. The van der Waals surface area contributed by atoms with E-state index in [0.717, 1.165) is 16.9 Å².